The number of tetrazole rings is 1. The van der Waals surface area contributed by atoms with Crippen LogP contribution in [-0.4, -0.2) is 35.4 Å². The second kappa shape index (κ2) is 8.52. The molecule has 2 aromatic carbocycles. The van der Waals surface area contributed by atoms with Crippen LogP contribution < -0.4 is 5.69 Å². The number of thiazole rings is 1. The Morgan fingerprint density at radius 1 is 1.24 bits per heavy atom. The molecule has 0 bridgehead atoms. The van der Waals surface area contributed by atoms with Gasteiger partial charge in [-0.15, -0.1) is 23.1 Å². The molecule has 0 amide bonds. The van der Waals surface area contributed by atoms with E-state index in [0.717, 1.165) is 37.1 Å². The van der Waals surface area contributed by atoms with Gasteiger partial charge in [0.15, 0.2) is 0 Å². The largest absolute Gasteiger partial charge is 0.368 e. The lowest BCUT2D eigenvalue weighted by atomic mass is 10.1. The highest BCUT2D eigenvalue weighted by Gasteiger charge is 2.14. The fourth-order valence-electron chi connectivity index (χ4n) is 2.83. The van der Waals surface area contributed by atoms with E-state index in [0.29, 0.717) is 5.75 Å². The maximum Gasteiger partial charge on any atom is 0.368 e. The van der Waals surface area contributed by atoms with E-state index in [1.807, 2.05) is 49.0 Å². The molecule has 2 aromatic heterocycles. The molecule has 0 aliphatic carbocycles. The van der Waals surface area contributed by atoms with Gasteiger partial charge in [0.05, 0.1) is 27.1 Å². The molecule has 0 aliphatic rings. The first-order valence-electron chi connectivity index (χ1n) is 8.73. The van der Waals surface area contributed by atoms with Crippen molar-refractivity contribution in [2.45, 2.75) is 12.7 Å². The van der Waals surface area contributed by atoms with Crippen LogP contribution in [0, 0.1) is 6.92 Å². The number of hydrogen-bond donors (Lipinski definition) is 0. The quantitative estimate of drug-likeness (QED) is 0.349. The predicted octanol–water partition coefficient (Wildman–Crippen LogP) is 4.17. The summed E-state index contributed by atoms with van der Waals surface area (Å²) in [6, 6.07) is 11.9. The van der Waals surface area contributed by atoms with Crippen LogP contribution in [0.15, 0.2) is 51.7 Å². The highest BCUT2D eigenvalue weighted by Crippen LogP contribution is 2.29. The first kappa shape index (κ1) is 19.9. The predicted molar refractivity (Wildman–Crippen MR) is 123 cm³/mol. The van der Waals surface area contributed by atoms with Crippen molar-refractivity contribution in [3.63, 3.8) is 0 Å². The Kier molecular flexibility index (Phi) is 5.84. The highest BCUT2D eigenvalue weighted by atomic mass is 32.2. The van der Waals surface area contributed by atoms with Gasteiger partial charge in [0.25, 0.3) is 0 Å². The van der Waals surface area contributed by atoms with Crippen LogP contribution in [0.1, 0.15) is 11.1 Å². The third-order valence-electron chi connectivity index (χ3n) is 4.39. The Balaban J connectivity index is 1.62. The molecule has 0 N–H and O–H groups in total. The SMILES string of the molecule is CS/C(=N\c1ccc2ncsc2c1)SCc1c(C)cccc1-n1nnn(C)c1=O. The lowest BCUT2D eigenvalue weighted by Gasteiger charge is -2.11. The number of nitrogens with zero attached hydrogens (tertiary/aromatic N) is 6. The van der Waals surface area contributed by atoms with Crippen molar-refractivity contribution in [2.75, 3.05) is 6.26 Å². The Bertz CT molecular complexity index is 1260. The molecule has 29 heavy (non-hydrogen) atoms. The van der Waals surface area contributed by atoms with Crippen molar-refractivity contribution in [1.82, 2.24) is 24.8 Å². The fourth-order valence-corrected chi connectivity index (χ4v) is 5.20. The summed E-state index contributed by atoms with van der Waals surface area (Å²) in [4.78, 5) is 21.4. The molecule has 0 saturated heterocycles. The van der Waals surface area contributed by atoms with Crippen molar-refractivity contribution in [1.29, 1.82) is 0 Å². The van der Waals surface area contributed by atoms with E-state index in [1.165, 1.54) is 9.36 Å². The van der Waals surface area contributed by atoms with Gasteiger partial charge in [0, 0.05) is 12.8 Å². The average Bonchev–Trinajstić information content (AvgIpc) is 3.32. The molecule has 0 fully saturated rings. The minimum absolute atomic E-state index is 0.265. The number of thioether (sulfide) groups is 2. The number of rotatable bonds is 4. The van der Waals surface area contributed by atoms with Gasteiger partial charge >= 0.3 is 5.69 Å². The lowest BCUT2D eigenvalue weighted by molar-refractivity contribution is 0.692. The number of hydrogen-bond acceptors (Lipinski definition) is 8. The van der Waals surface area contributed by atoms with Gasteiger partial charge < -0.3 is 0 Å². The molecule has 0 radical (unpaired) electrons. The number of aryl methyl sites for hydroxylation is 2. The van der Waals surface area contributed by atoms with E-state index in [2.05, 4.69) is 21.5 Å². The molecule has 0 unspecified atom stereocenters. The zero-order chi connectivity index (χ0) is 20.4. The lowest BCUT2D eigenvalue weighted by Crippen LogP contribution is -2.23. The number of aromatic nitrogens is 5. The molecule has 148 valence electrons. The Morgan fingerprint density at radius 2 is 2.10 bits per heavy atom. The maximum atomic E-state index is 12.3. The zero-order valence-electron chi connectivity index (χ0n) is 16.1. The van der Waals surface area contributed by atoms with Crippen LogP contribution in [0.3, 0.4) is 0 Å². The van der Waals surface area contributed by atoms with Crippen molar-refractivity contribution in [3.05, 3.63) is 63.5 Å². The molecule has 0 spiro atoms. The second-order valence-corrected chi connectivity index (χ2v) is 9.15. The minimum atomic E-state index is -0.265. The van der Waals surface area contributed by atoms with E-state index < -0.39 is 0 Å². The standard InChI is InChI=1S/C19H18N6OS3/c1-12-5-4-6-16(25-19(26)24(2)22-23-25)14(12)10-28-18(27-3)21-13-7-8-15-17(9-13)29-11-20-15/h4-9,11H,10H2,1-3H3/b21-18+. The van der Waals surface area contributed by atoms with E-state index in [4.69, 9.17) is 4.99 Å². The van der Waals surface area contributed by atoms with Gasteiger partial charge in [-0.2, -0.15) is 9.36 Å². The maximum absolute atomic E-state index is 12.3. The van der Waals surface area contributed by atoms with Crippen LogP contribution >= 0.6 is 34.9 Å². The van der Waals surface area contributed by atoms with Crippen LogP contribution in [0.4, 0.5) is 5.69 Å². The Hall–Kier alpha value is -2.43. The first-order valence-corrected chi connectivity index (χ1v) is 11.8. The topological polar surface area (TPSA) is 78.0 Å². The van der Waals surface area contributed by atoms with Gasteiger partial charge in [-0.3, -0.25) is 0 Å². The second-order valence-electron chi connectivity index (χ2n) is 6.24. The minimum Gasteiger partial charge on any atom is -0.245 e. The Morgan fingerprint density at radius 3 is 2.86 bits per heavy atom. The van der Waals surface area contributed by atoms with Gasteiger partial charge in [-0.25, -0.2) is 14.8 Å². The van der Waals surface area contributed by atoms with Crippen LogP contribution in [-0.2, 0) is 12.8 Å². The molecule has 10 heteroatoms. The van der Waals surface area contributed by atoms with Crippen molar-refractivity contribution >= 4 is 55.1 Å². The number of fused-ring (bicyclic) bond motifs is 1. The van der Waals surface area contributed by atoms with Crippen LogP contribution in [0.25, 0.3) is 15.9 Å². The molecule has 0 atom stereocenters. The van der Waals surface area contributed by atoms with E-state index in [9.17, 15) is 4.79 Å². The van der Waals surface area contributed by atoms with Crippen molar-refractivity contribution in [2.24, 2.45) is 12.0 Å². The summed E-state index contributed by atoms with van der Waals surface area (Å²) in [5, 5.41) is 7.82. The van der Waals surface area contributed by atoms with Gasteiger partial charge in [0.1, 0.15) is 4.38 Å². The molecule has 0 aliphatic heterocycles. The smallest absolute Gasteiger partial charge is 0.245 e. The molecular formula is C19H18N6OS3. The van der Waals surface area contributed by atoms with Gasteiger partial charge in [-0.1, -0.05) is 23.9 Å². The first-order chi connectivity index (χ1) is 14.1. The summed E-state index contributed by atoms with van der Waals surface area (Å²) >= 11 is 4.86. The van der Waals surface area contributed by atoms with E-state index in [-0.39, 0.29) is 5.69 Å². The fraction of sp³-hybridized carbons (Fsp3) is 0.211. The zero-order valence-corrected chi connectivity index (χ0v) is 18.5. The summed E-state index contributed by atoms with van der Waals surface area (Å²) in [6.45, 7) is 2.04. The molecule has 4 rings (SSSR count). The summed E-state index contributed by atoms with van der Waals surface area (Å²) in [5.74, 6) is 0.674. The van der Waals surface area contributed by atoms with Crippen LogP contribution in [0.5, 0.6) is 0 Å². The van der Waals surface area contributed by atoms with Crippen LogP contribution in [0.2, 0.25) is 0 Å². The molecular weight excluding hydrogens is 424 g/mol. The highest BCUT2D eigenvalue weighted by molar-refractivity contribution is 8.38. The summed E-state index contributed by atoms with van der Waals surface area (Å²) in [5.41, 5.74) is 6.37. The number of aliphatic imine (C=N–C) groups is 1. The third kappa shape index (κ3) is 4.14. The summed E-state index contributed by atoms with van der Waals surface area (Å²) in [7, 11) is 1.59. The van der Waals surface area contributed by atoms with Gasteiger partial charge in [0.2, 0.25) is 0 Å². The molecule has 0 saturated carbocycles. The third-order valence-corrected chi connectivity index (χ3v) is 7.24. The van der Waals surface area contributed by atoms with Crippen molar-refractivity contribution in [3.8, 4) is 5.69 Å². The summed E-state index contributed by atoms with van der Waals surface area (Å²) < 4.78 is 4.65. The van der Waals surface area contributed by atoms with Crippen molar-refractivity contribution < 1.29 is 0 Å². The van der Waals surface area contributed by atoms with E-state index in [1.54, 1.807) is 41.9 Å². The Labute approximate surface area is 179 Å². The normalized spacial score (nSPS) is 12.0. The molecule has 2 heterocycles. The van der Waals surface area contributed by atoms with E-state index >= 15 is 0 Å². The molecule has 4 aromatic rings. The number of benzene rings is 2. The monoisotopic (exact) mass is 442 g/mol. The summed E-state index contributed by atoms with van der Waals surface area (Å²) in [6.07, 6.45) is 2.02. The molecule has 7 nitrogen and oxygen atoms in total. The van der Waals surface area contributed by atoms with Gasteiger partial charge in [-0.05, 0) is 59.0 Å². The average molecular weight is 443 g/mol.